The Morgan fingerprint density at radius 1 is 0.956 bits per heavy atom. The number of esters is 1. The zero-order valence-electron chi connectivity index (χ0n) is 25.5. The first-order valence-corrected chi connectivity index (χ1v) is 15.5. The number of rotatable bonds is 11. The van der Waals surface area contributed by atoms with Crippen molar-refractivity contribution >= 4 is 23.4 Å². The smallest absolute Gasteiger partial charge is 0.338 e. The van der Waals surface area contributed by atoms with E-state index in [4.69, 9.17) is 18.9 Å². The van der Waals surface area contributed by atoms with E-state index in [1.807, 2.05) is 68.4 Å². The molecule has 0 unspecified atom stereocenters. The van der Waals surface area contributed by atoms with Crippen LogP contribution < -0.4 is 29.1 Å². The molecule has 3 aromatic carbocycles. The number of carbonyl (C=O) groups excluding carboxylic acids is 1. The molecule has 4 aromatic rings. The fraction of sp³-hybridized carbons (Fsp3) is 0.257. The minimum Gasteiger partial charge on any atom is -0.494 e. The lowest BCUT2D eigenvalue weighted by atomic mass is 9.95. The molecule has 0 fully saturated rings. The maximum Gasteiger partial charge on any atom is 0.338 e. The van der Waals surface area contributed by atoms with Crippen LogP contribution in [0.5, 0.6) is 17.2 Å². The lowest BCUT2D eigenvalue weighted by Crippen LogP contribution is -2.40. The fourth-order valence-electron chi connectivity index (χ4n) is 5.14. The van der Waals surface area contributed by atoms with Gasteiger partial charge in [0.15, 0.2) is 16.3 Å². The first kappa shape index (κ1) is 31.3. The third-order valence-electron chi connectivity index (χ3n) is 7.12. The number of benzene rings is 3. The quantitative estimate of drug-likeness (QED) is 0.215. The van der Waals surface area contributed by atoms with Crippen LogP contribution in [0.15, 0.2) is 87.8 Å². The van der Waals surface area contributed by atoms with Crippen molar-refractivity contribution in [2.45, 2.75) is 40.3 Å². The van der Waals surface area contributed by atoms with Crippen LogP contribution in [0.4, 0.5) is 0 Å². The molecule has 1 aromatic heterocycles. The predicted molar refractivity (Wildman–Crippen MR) is 171 cm³/mol. The summed E-state index contributed by atoms with van der Waals surface area (Å²) in [6.07, 6.45) is 1.77. The molecule has 0 saturated carbocycles. The van der Waals surface area contributed by atoms with Gasteiger partial charge in [-0.15, -0.1) is 0 Å². The molecule has 1 aliphatic rings. The van der Waals surface area contributed by atoms with E-state index >= 15 is 0 Å². The van der Waals surface area contributed by atoms with Gasteiger partial charge in [-0.2, -0.15) is 5.26 Å². The molecule has 10 heteroatoms. The molecule has 0 amide bonds. The number of thiazole rings is 1. The predicted octanol–water partition coefficient (Wildman–Crippen LogP) is 5.05. The maximum absolute atomic E-state index is 14.1. The summed E-state index contributed by atoms with van der Waals surface area (Å²) in [6, 6.07) is 21.5. The van der Waals surface area contributed by atoms with Crippen molar-refractivity contribution in [3.8, 4) is 23.3 Å². The number of hydrogen-bond donors (Lipinski definition) is 0. The van der Waals surface area contributed by atoms with Crippen LogP contribution in [0.25, 0.3) is 6.08 Å². The highest BCUT2D eigenvalue weighted by Crippen LogP contribution is 2.36. The van der Waals surface area contributed by atoms with Crippen LogP contribution in [0, 0.1) is 11.3 Å². The highest BCUT2D eigenvalue weighted by atomic mass is 32.1. The highest BCUT2D eigenvalue weighted by molar-refractivity contribution is 7.07. The Kier molecular flexibility index (Phi) is 9.80. The number of ether oxygens (including phenoxy) is 4. The lowest BCUT2D eigenvalue weighted by Gasteiger charge is -2.26. The second kappa shape index (κ2) is 14.1. The molecule has 0 bridgehead atoms. The Morgan fingerprint density at radius 2 is 1.69 bits per heavy atom. The van der Waals surface area contributed by atoms with E-state index < -0.39 is 12.0 Å². The fourth-order valence-corrected chi connectivity index (χ4v) is 6.19. The van der Waals surface area contributed by atoms with Gasteiger partial charge in [0.05, 0.1) is 47.3 Å². The average molecular weight is 624 g/mol. The van der Waals surface area contributed by atoms with Crippen molar-refractivity contribution in [1.29, 1.82) is 5.26 Å². The zero-order valence-corrected chi connectivity index (χ0v) is 26.3. The van der Waals surface area contributed by atoms with Crippen molar-refractivity contribution in [1.82, 2.24) is 4.57 Å². The number of fused-ring (bicyclic) bond motifs is 1. The molecule has 0 aliphatic carbocycles. The Bertz CT molecular complexity index is 1990. The summed E-state index contributed by atoms with van der Waals surface area (Å²) < 4.78 is 25.2. The SMILES string of the molecule is CCOC(=O)C1=C(C)N=c2s/c(=C\c3ccc(OCc4ccccc4C#N)c(OCC)c3)c(=O)n2[C@H]1c1ccccc1OCC. The highest BCUT2D eigenvalue weighted by Gasteiger charge is 2.35. The van der Waals surface area contributed by atoms with Crippen LogP contribution in [0.3, 0.4) is 0 Å². The molecular formula is C35H33N3O6S. The standard InChI is InChI=1S/C35H33N3O6S/c1-5-41-27-15-11-10-14-26(27)32-31(34(40)43-7-3)22(4)37-35-38(32)33(39)30(45-35)19-23-16-17-28(29(18-23)42-6-2)44-21-25-13-9-8-12-24(25)20-36/h8-19,32H,5-7,21H2,1-4H3/b30-19-/t32-/m0/s1. The number of carbonyl (C=O) groups is 1. The molecule has 0 radical (unpaired) electrons. The molecule has 2 heterocycles. The van der Waals surface area contributed by atoms with Gasteiger partial charge < -0.3 is 18.9 Å². The molecule has 1 aliphatic heterocycles. The zero-order chi connectivity index (χ0) is 31.9. The minimum absolute atomic E-state index is 0.187. The normalized spacial score (nSPS) is 14.3. The Morgan fingerprint density at radius 3 is 2.44 bits per heavy atom. The van der Waals surface area contributed by atoms with Gasteiger partial charge in [-0.25, -0.2) is 9.79 Å². The Hall–Kier alpha value is -5.14. The van der Waals surface area contributed by atoms with Gasteiger partial charge >= 0.3 is 5.97 Å². The third-order valence-corrected chi connectivity index (χ3v) is 8.10. The van der Waals surface area contributed by atoms with Crippen molar-refractivity contribution in [2.75, 3.05) is 19.8 Å². The Balaban J connectivity index is 1.58. The van der Waals surface area contributed by atoms with E-state index in [2.05, 4.69) is 11.1 Å². The molecule has 9 nitrogen and oxygen atoms in total. The van der Waals surface area contributed by atoms with E-state index in [0.717, 1.165) is 11.1 Å². The summed E-state index contributed by atoms with van der Waals surface area (Å²) in [6.45, 7) is 8.47. The molecule has 5 rings (SSSR count). The topological polar surface area (TPSA) is 112 Å². The molecular weight excluding hydrogens is 590 g/mol. The lowest BCUT2D eigenvalue weighted by molar-refractivity contribution is -0.139. The number of aromatic nitrogens is 1. The second-order valence-electron chi connectivity index (χ2n) is 9.97. The summed E-state index contributed by atoms with van der Waals surface area (Å²) in [5.41, 5.74) is 3.19. The summed E-state index contributed by atoms with van der Waals surface area (Å²) >= 11 is 1.24. The van der Waals surface area contributed by atoms with Gasteiger partial charge in [-0.1, -0.05) is 53.8 Å². The van der Waals surface area contributed by atoms with Crippen LogP contribution in [-0.4, -0.2) is 30.4 Å². The molecule has 0 saturated heterocycles. The monoisotopic (exact) mass is 623 g/mol. The summed E-state index contributed by atoms with van der Waals surface area (Å²) in [5, 5.41) is 9.41. The number of allylic oxidation sites excluding steroid dienone is 1. The molecule has 1 atom stereocenters. The number of para-hydroxylation sites is 1. The molecule has 0 spiro atoms. The first-order chi connectivity index (χ1) is 21.9. The maximum atomic E-state index is 14.1. The number of nitriles is 1. The Labute approximate surface area is 264 Å². The van der Waals surface area contributed by atoms with E-state index in [1.54, 1.807) is 36.6 Å². The summed E-state index contributed by atoms with van der Waals surface area (Å²) in [7, 11) is 0. The second-order valence-corrected chi connectivity index (χ2v) is 11.0. The van der Waals surface area contributed by atoms with Crippen molar-refractivity contribution in [3.05, 3.63) is 120 Å². The van der Waals surface area contributed by atoms with Crippen LogP contribution in [-0.2, 0) is 16.1 Å². The molecule has 0 N–H and O–H groups in total. The number of nitrogens with zero attached hydrogens (tertiary/aromatic N) is 3. The van der Waals surface area contributed by atoms with Crippen LogP contribution in [0.2, 0.25) is 0 Å². The van der Waals surface area contributed by atoms with Gasteiger partial charge in [-0.05, 0) is 63.6 Å². The van der Waals surface area contributed by atoms with Crippen molar-refractivity contribution in [3.63, 3.8) is 0 Å². The average Bonchev–Trinajstić information content (AvgIpc) is 3.34. The van der Waals surface area contributed by atoms with Gasteiger partial charge in [0.1, 0.15) is 18.4 Å². The van der Waals surface area contributed by atoms with E-state index in [-0.39, 0.29) is 18.8 Å². The summed E-state index contributed by atoms with van der Waals surface area (Å²) in [5.74, 6) is 1.08. The van der Waals surface area contributed by atoms with Gasteiger partial charge in [0.2, 0.25) is 0 Å². The summed E-state index contributed by atoms with van der Waals surface area (Å²) in [4.78, 5) is 32.5. The first-order valence-electron chi connectivity index (χ1n) is 14.7. The molecule has 45 heavy (non-hydrogen) atoms. The van der Waals surface area contributed by atoms with E-state index in [1.165, 1.54) is 11.3 Å². The van der Waals surface area contributed by atoms with Crippen molar-refractivity contribution < 1.29 is 23.7 Å². The van der Waals surface area contributed by atoms with E-state index in [9.17, 15) is 14.9 Å². The third kappa shape index (κ3) is 6.54. The van der Waals surface area contributed by atoms with Gasteiger partial charge in [0.25, 0.3) is 5.56 Å². The van der Waals surface area contributed by atoms with Crippen LogP contribution in [0.1, 0.15) is 56.0 Å². The van der Waals surface area contributed by atoms with Crippen LogP contribution >= 0.6 is 11.3 Å². The van der Waals surface area contributed by atoms with E-state index in [0.29, 0.717) is 62.2 Å². The largest absolute Gasteiger partial charge is 0.494 e. The van der Waals surface area contributed by atoms with Gasteiger partial charge in [-0.3, -0.25) is 9.36 Å². The van der Waals surface area contributed by atoms with Gasteiger partial charge in [0, 0.05) is 11.1 Å². The minimum atomic E-state index is -0.781. The van der Waals surface area contributed by atoms with Crippen molar-refractivity contribution in [2.24, 2.45) is 4.99 Å². The number of hydrogen-bond acceptors (Lipinski definition) is 9. The molecule has 230 valence electrons.